The van der Waals surface area contributed by atoms with Crippen LogP contribution in [0.5, 0.6) is 0 Å². The van der Waals surface area contributed by atoms with E-state index in [2.05, 4.69) is 15.2 Å². The molecule has 6 nitrogen and oxygen atoms in total. The van der Waals surface area contributed by atoms with Gasteiger partial charge in [-0.15, -0.1) is 0 Å². The van der Waals surface area contributed by atoms with Crippen LogP contribution < -0.4 is 16.0 Å². The summed E-state index contributed by atoms with van der Waals surface area (Å²) in [4.78, 5) is 18.8. The maximum absolute atomic E-state index is 11.6. The molecule has 1 aliphatic heterocycles. The number of nitrogens with two attached hydrogens (primary N) is 1. The third-order valence-corrected chi connectivity index (χ3v) is 4.55. The molecular weight excluding hydrogens is 300 g/mol. The number of anilines is 2. The third-order valence-electron chi connectivity index (χ3n) is 3.42. The Morgan fingerprint density at radius 3 is 2.73 bits per heavy atom. The summed E-state index contributed by atoms with van der Waals surface area (Å²) in [6, 6.07) is 9.97. The van der Waals surface area contributed by atoms with E-state index >= 15 is 0 Å². The fourth-order valence-electron chi connectivity index (χ4n) is 2.27. The number of carbonyl (C=O) groups excluding carboxylic acids is 1. The van der Waals surface area contributed by atoms with Crippen molar-refractivity contribution >= 4 is 28.2 Å². The monoisotopic (exact) mass is 318 g/mol. The van der Waals surface area contributed by atoms with Crippen molar-refractivity contribution in [2.75, 3.05) is 36.5 Å². The van der Waals surface area contributed by atoms with E-state index in [1.165, 1.54) is 11.3 Å². The van der Waals surface area contributed by atoms with Crippen molar-refractivity contribution in [1.29, 1.82) is 0 Å². The first kappa shape index (κ1) is 14.8. The first-order valence-corrected chi connectivity index (χ1v) is 7.97. The van der Waals surface area contributed by atoms with Crippen LogP contribution in [0.4, 0.5) is 10.9 Å². The van der Waals surface area contributed by atoms with Crippen molar-refractivity contribution in [2.24, 2.45) is 5.73 Å². The van der Waals surface area contributed by atoms with Gasteiger partial charge in [0.15, 0.2) is 10.9 Å². The van der Waals surface area contributed by atoms with E-state index in [1.807, 2.05) is 30.3 Å². The highest BCUT2D eigenvalue weighted by atomic mass is 32.1. The number of thiazole rings is 1. The quantitative estimate of drug-likeness (QED) is 0.877. The lowest BCUT2D eigenvalue weighted by molar-refractivity contribution is 0.100. The van der Waals surface area contributed by atoms with Gasteiger partial charge in [-0.1, -0.05) is 41.7 Å². The fourth-order valence-corrected chi connectivity index (χ4v) is 3.21. The number of carbonyl (C=O) groups is 1. The van der Waals surface area contributed by atoms with Crippen molar-refractivity contribution in [3.8, 4) is 0 Å². The Hall–Kier alpha value is -2.12. The highest BCUT2D eigenvalue weighted by Gasteiger charge is 2.21. The number of aromatic nitrogens is 1. The van der Waals surface area contributed by atoms with E-state index < -0.39 is 5.91 Å². The summed E-state index contributed by atoms with van der Waals surface area (Å²) in [6.45, 7) is 3.53. The Morgan fingerprint density at radius 1 is 1.32 bits per heavy atom. The van der Waals surface area contributed by atoms with Gasteiger partial charge in [0.1, 0.15) is 4.88 Å². The molecule has 1 aromatic carbocycles. The highest BCUT2D eigenvalue weighted by molar-refractivity contribution is 7.18. The fraction of sp³-hybridized carbons (Fsp3) is 0.333. The number of amides is 1. The van der Waals surface area contributed by atoms with E-state index in [9.17, 15) is 4.79 Å². The zero-order valence-corrected chi connectivity index (χ0v) is 12.9. The summed E-state index contributed by atoms with van der Waals surface area (Å²) < 4.78 is 5.34. The molecule has 2 heterocycles. The van der Waals surface area contributed by atoms with Crippen molar-refractivity contribution in [1.82, 2.24) is 4.98 Å². The Morgan fingerprint density at radius 2 is 2.05 bits per heavy atom. The second-order valence-corrected chi connectivity index (χ2v) is 5.95. The minimum absolute atomic E-state index is 0.451. The van der Waals surface area contributed by atoms with Gasteiger partial charge in [-0.25, -0.2) is 4.98 Å². The summed E-state index contributed by atoms with van der Waals surface area (Å²) in [7, 11) is 0. The molecule has 0 spiro atoms. The van der Waals surface area contributed by atoms with E-state index in [1.54, 1.807) is 0 Å². The van der Waals surface area contributed by atoms with E-state index in [4.69, 9.17) is 10.5 Å². The Labute approximate surface area is 132 Å². The summed E-state index contributed by atoms with van der Waals surface area (Å²) in [5.74, 6) is 0.107. The van der Waals surface area contributed by atoms with Crippen LogP contribution in [0.1, 0.15) is 15.2 Å². The number of benzene rings is 1. The molecule has 3 rings (SSSR count). The molecule has 0 radical (unpaired) electrons. The first-order valence-electron chi connectivity index (χ1n) is 7.15. The van der Waals surface area contributed by atoms with Crippen LogP contribution in [0.2, 0.25) is 0 Å². The van der Waals surface area contributed by atoms with Gasteiger partial charge >= 0.3 is 0 Å². The second kappa shape index (κ2) is 6.76. The van der Waals surface area contributed by atoms with Gasteiger partial charge in [0.25, 0.3) is 5.91 Å². The van der Waals surface area contributed by atoms with Gasteiger partial charge in [-0.2, -0.15) is 0 Å². The maximum Gasteiger partial charge on any atom is 0.262 e. The average molecular weight is 318 g/mol. The van der Waals surface area contributed by atoms with Crippen LogP contribution in [0.3, 0.4) is 0 Å². The number of primary amides is 1. The zero-order chi connectivity index (χ0) is 15.4. The number of morpholine rings is 1. The van der Waals surface area contributed by atoms with Crippen LogP contribution in [-0.2, 0) is 11.3 Å². The molecule has 0 bridgehead atoms. The third kappa shape index (κ3) is 3.37. The molecule has 1 saturated heterocycles. The molecule has 0 atom stereocenters. The van der Waals surface area contributed by atoms with Crippen LogP contribution in [0, 0.1) is 0 Å². The van der Waals surface area contributed by atoms with Gasteiger partial charge in [0.05, 0.1) is 13.2 Å². The Balaban J connectivity index is 1.76. The molecule has 0 aliphatic carbocycles. The highest BCUT2D eigenvalue weighted by Crippen LogP contribution is 2.30. The molecule has 1 aromatic heterocycles. The number of hydrogen-bond acceptors (Lipinski definition) is 6. The molecule has 1 amide bonds. The number of hydrogen-bond donors (Lipinski definition) is 2. The molecule has 2 aromatic rings. The zero-order valence-electron chi connectivity index (χ0n) is 12.1. The van der Waals surface area contributed by atoms with Gasteiger partial charge in [0, 0.05) is 19.6 Å². The van der Waals surface area contributed by atoms with Gasteiger partial charge < -0.3 is 20.7 Å². The molecule has 116 valence electrons. The number of ether oxygens (including phenoxy) is 1. The lowest BCUT2D eigenvalue weighted by atomic mass is 10.2. The average Bonchev–Trinajstić information content (AvgIpc) is 2.99. The first-order chi connectivity index (χ1) is 10.7. The van der Waals surface area contributed by atoms with Crippen LogP contribution >= 0.6 is 11.3 Å². The minimum atomic E-state index is -0.451. The normalized spacial score (nSPS) is 14.8. The summed E-state index contributed by atoms with van der Waals surface area (Å²) in [5, 5.41) is 4.02. The van der Waals surface area contributed by atoms with Crippen LogP contribution in [0.25, 0.3) is 0 Å². The number of rotatable bonds is 5. The number of nitrogens with one attached hydrogen (secondary N) is 1. The van der Waals surface area contributed by atoms with Crippen molar-refractivity contribution in [3.05, 3.63) is 40.8 Å². The molecule has 0 saturated carbocycles. The van der Waals surface area contributed by atoms with Crippen molar-refractivity contribution < 1.29 is 9.53 Å². The topological polar surface area (TPSA) is 80.5 Å². The largest absolute Gasteiger partial charge is 0.378 e. The molecule has 1 fully saturated rings. The van der Waals surface area contributed by atoms with E-state index in [0.717, 1.165) is 23.8 Å². The molecular formula is C15H18N4O2S. The molecule has 0 unspecified atom stereocenters. The van der Waals surface area contributed by atoms with E-state index in [0.29, 0.717) is 30.5 Å². The van der Waals surface area contributed by atoms with Gasteiger partial charge in [-0.3, -0.25) is 4.79 Å². The molecule has 1 aliphatic rings. The predicted octanol–water partition coefficient (Wildman–Crippen LogP) is 1.69. The van der Waals surface area contributed by atoms with E-state index in [-0.39, 0.29) is 0 Å². The van der Waals surface area contributed by atoms with Crippen LogP contribution in [-0.4, -0.2) is 37.2 Å². The van der Waals surface area contributed by atoms with Gasteiger partial charge in [-0.05, 0) is 5.56 Å². The summed E-state index contributed by atoms with van der Waals surface area (Å²) in [6.07, 6.45) is 0. The van der Waals surface area contributed by atoms with Crippen molar-refractivity contribution in [3.63, 3.8) is 0 Å². The standard InChI is InChI=1S/C15H18N4O2S/c16-13(20)12-14(17-10-11-4-2-1-3-5-11)18-15(22-12)19-6-8-21-9-7-19/h1-5,17H,6-10H2,(H2,16,20). The SMILES string of the molecule is NC(=O)c1sc(N2CCOCC2)nc1NCc1ccccc1. The summed E-state index contributed by atoms with van der Waals surface area (Å²) >= 11 is 1.33. The van der Waals surface area contributed by atoms with Gasteiger partial charge in [0.2, 0.25) is 0 Å². The van der Waals surface area contributed by atoms with Crippen LogP contribution in [0.15, 0.2) is 30.3 Å². The summed E-state index contributed by atoms with van der Waals surface area (Å²) in [5.41, 5.74) is 6.60. The van der Waals surface area contributed by atoms with Crippen molar-refractivity contribution in [2.45, 2.75) is 6.54 Å². The Bertz CT molecular complexity index is 638. The number of nitrogens with zero attached hydrogens (tertiary/aromatic N) is 2. The second-order valence-electron chi connectivity index (χ2n) is 4.98. The lowest BCUT2D eigenvalue weighted by Crippen LogP contribution is -2.36. The minimum Gasteiger partial charge on any atom is -0.378 e. The Kier molecular flexibility index (Phi) is 4.55. The predicted molar refractivity (Wildman–Crippen MR) is 87.4 cm³/mol. The molecule has 3 N–H and O–H groups in total. The molecule has 7 heteroatoms. The molecule has 22 heavy (non-hydrogen) atoms. The maximum atomic E-state index is 11.6. The lowest BCUT2D eigenvalue weighted by Gasteiger charge is -2.25. The smallest absolute Gasteiger partial charge is 0.262 e.